The van der Waals surface area contributed by atoms with Crippen molar-refractivity contribution in [2.75, 3.05) is 0 Å². The molecule has 1 atom stereocenters. The van der Waals surface area contributed by atoms with Gasteiger partial charge in [0.05, 0.1) is 11.0 Å². The molecule has 0 fully saturated rings. The zero-order valence-electron chi connectivity index (χ0n) is 7.36. The van der Waals surface area contributed by atoms with Crippen LogP contribution in [0.2, 0.25) is 5.02 Å². The van der Waals surface area contributed by atoms with Gasteiger partial charge in [-0.05, 0) is 11.6 Å². The fourth-order valence-corrected chi connectivity index (χ4v) is 1.21. The predicted molar refractivity (Wildman–Crippen MR) is 51.0 cm³/mol. The molecular formula is C8H7ClF2N2O2. The Hall–Kier alpha value is -1.27. The number of rotatable bonds is 3. The molecule has 0 aliphatic rings. The molecule has 2 N–H and O–H groups in total. The summed E-state index contributed by atoms with van der Waals surface area (Å²) in [4.78, 5) is 9.71. The second kappa shape index (κ2) is 4.50. The van der Waals surface area contributed by atoms with Crippen molar-refractivity contribution in [3.63, 3.8) is 0 Å². The predicted octanol–water partition coefficient (Wildman–Crippen LogP) is 2.51. The number of halogens is 3. The fraction of sp³-hybridized carbons (Fsp3) is 0.250. The largest absolute Gasteiger partial charge is 0.319 e. The molecule has 15 heavy (non-hydrogen) atoms. The molecule has 1 aromatic carbocycles. The van der Waals surface area contributed by atoms with E-state index in [-0.39, 0.29) is 10.6 Å². The normalized spacial score (nSPS) is 12.9. The molecule has 1 rings (SSSR count). The van der Waals surface area contributed by atoms with Crippen molar-refractivity contribution in [3.05, 3.63) is 38.9 Å². The monoisotopic (exact) mass is 236 g/mol. The highest BCUT2D eigenvalue weighted by atomic mass is 35.5. The highest BCUT2D eigenvalue weighted by molar-refractivity contribution is 6.32. The first-order valence-corrected chi connectivity index (χ1v) is 4.29. The van der Waals surface area contributed by atoms with E-state index in [1.54, 1.807) is 0 Å². The van der Waals surface area contributed by atoms with Crippen LogP contribution in [0.25, 0.3) is 0 Å². The van der Waals surface area contributed by atoms with Crippen molar-refractivity contribution < 1.29 is 13.7 Å². The quantitative estimate of drug-likeness (QED) is 0.648. The Bertz CT molecular complexity index is 387. The molecule has 0 heterocycles. The van der Waals surface area contributed by atoms with Crippen molar-refractivity contribution >= 4 is 17.3 Å². The van der Waals surface area contributed by atoms with Crippen molar-refractivity contribution in [3.8, 4) is 0 Å². The summed E-state index contributed by atoms with van der Waals surface area (Å²) in [6.45, 7) is 0. The third-order valence-electron chi connectivity index (χ3n) is 1.82. The van der Waals surface area contributed by atoms with Crippen molar-refractivity contribution in [2.45, 2.75) is 12.5 Å². The Morgan fingerprint density at radius 2 is 2.07 bits per heavy atom. The molecule has 0 spiro atoms. The number of hydrogen-bond acceptors (Lipinski definition) is 3. The Morgan fingerprint density at radius 3 is 2.53 bits per heavy atom. The lowest BCUT2D eigenvalue weighted by atomic mass is 10.1. The maximum Gasteiger partial charge on any atom is 0.288 e. The molecule has 0 aliphatic heterocycles. The lowest BCUT2D eigenvalue weighted by Gasteiger charge is -2.10. The molecule has 0 unspecified atom stereocenters. The Morgan fingerprint density at radius 1 is 1.47 bits per heavy atom. The Balaban J connectivity index is 3.13. The van der Waals surface area contributed by atoms with Crippen LogP contribution in [0.15, 0.2) is 18.2 Å². The maximum atomic E-state index is 12.2. The molecule has 0 saturated heterocycles. The molecule has 7 heteroatoms. The van der Waals surface area contributed by atoms with Crippen LogP contribution in [0, 0.1) is 10.1 Å². The minimum atomic E-state index is -2.77. The molecule has 0 bridgehead atoms. The van der Waals surface area contributed by atoms with E-state index >= 15 is 0 Å². The molecule has 0 aliphatic carbocycles. The summed E-state index contributed by atoms with van der Waals surface area (Å²) < 4.78 is 24.4. The summed E-state index contributed by atoms with van der Waals surface area (Å²) in [6.07, 6.45) is -2.77. The maximum absolute atomic E-state index is 12.2. The van der Waals surface area contributed by atoms with Crippen LogP contribution < -0.4 is 5.73 Å². The number of alkyl halides is 2. The van der Waals surface area contributed by atoms with Gasteiger partial charge in [0.1, 0.15) is 5.02 Å². The number of nitrogens with two attached hydrogens (primary N) is 1. The summed E-state index contributed by atoms with van der Waals surface area (Å²) in [5, 5.41) is 10.4. The second-order valence-corrected chi connectivity index (χ2v) is 3.24. The highest BCUT2D eigenvalue weighted by Gasteiger charge is 2.21. The molecule has 1 aromatic rings. The minimum Gasteiger partial charge on any atom is -0.319 e. The van der Waals surface area contributed by atoms with E-state index in [2.05, 4.69) is 0 Å². The van der Waals surface area contributed by atoms with Crippen LogP contribution in [0.1, 0.15) is 11.6 Å². The van der Waals surface area contributed by atoms with Crippen LogP contribution in [0.3, 0.4) is 0 Å². The van der Waals surface area contributed by atoms with E-state index in [4.69, 9.17) is 17.3 Å². The van der Waals surface area contributed by atoms with Gasteiger partial charge in [0.2, 0.25) is 0 Å². The van der Waals surface area contributed by atoms with E-state index < -0.39 is 23.1 Å². The Labute approximate surface area is 88.8 Å². The van der Waals surface area contributed by atoms with Crippen molar-refractivity contribution in [1.29, 1.82) is 0 Å². The minimum absolute atomic E-state index is 0.0129. The van der Waals surface area contributed by atoms with E-state index in [0.29, 0.717) is 0 Å². The van der Waals surface area contributed by atoms with Gasteiger partial charge in [-0.25, -0.2) is 8.78 Å². The average Bonchev–Trinajstić information content (AvgIpc) is 2.16. The molecule has 0 amide bonds. The summed E-state index contributed by atoms with van der Waals surface area (Å²) in [6, 6.07) is 1.84. The number of nitro groups is 1. The van der Waals surface area contributed by atoms with E-state index in [9.17, 15) is 18.9 Å². The third kappa shape index (κ3) is 2.60. The smallest absolute Gasteiger partial charge is 0.288 e. The molecule has 0 aromatic heterocycles. The first kappa shape index (κ1) is 11.8. The fourth-order valence-electron chi connectivity index (χ4n) is 1.02. The van der Waals surface area contributed by atoms with Crippen LogP contribution in [-0.4, -0.2) is 11.3 Å². The number of nitro benzene ring substituents is 1. The van der Waals surface area contributed by atoms with Gasteiger partial charge in [0.15, 0.2) is 0 Å². The van der Waals surface area contributed by atoms with E-state index in [0.717, 1.165) is 6.07 Å². The van der Waals surface area contributed by atoms with Crippen LogP contribution in [-0.2, 0) is 0 Å². The lowest BCUT2D eigenvalue weighted by Crippen LogP contribution is -2.18. The SMILES string of the molecule is N[C@@H](c1ccc(Cl)c([N+](=O)[O-])c1)C(F)F. The molecular weight excluding hydrogens is 230 g/mol. The molecule has 82 valence electrons. The van der Waals surface area contributed by atoms with Gasteiger partial charge in [-0.1, -0.05) is 17.7 Å². The summed E-state index contributed by atoms with van der Waals surface area (Å²) in [7, 11) is 0. The Kier molecular flexibility index (Phi) is 3.54. The van der Waals surface area contributed by atoms with E-state index in [1.807, 2.05) is 0 Å². The van der Waals surface area contributed by atoms with Gasteiger partial charge in [0.25, 0.3) is 12.1 Å². The van der Waals surface area contributed by atoms with Crippen molar-refractivity contribution in [1.82, 2.24) is 0 Å². The molecule has 0 saturated carbocycles. The summed E-state index contributed by atoms with van der Waals surface area (Å²) in [5.74, 6) is 0. The van der Waals surface area contributed by atoms with Gasteiger partial charge in [-0.2, -0.15) is 0 Å². The van der Waals surface area contributed by atoms with Gasteiger partial charge in [-0.15, -0.1) is 0 Å². The average molecular weight is 237 g/mol. The zero-order valence-corrected chi connectivity index (χ0v) is 8.12. The van der Waals surface area contributed by atoms with Gasteiger partial charge >= 0.3 is 0 Å². The zero-order chi connectivity index (χ0) is 11.6. The van der Waals surface area contributed by atoms with Crippen LogP contribution in [0.4, 0.5) is 14.5 Å². The van der Waals surface area contributed by atoms with E-state index in [1.165, 1.54) is 12.1 Å². The number of benzene rings is 1. The first-order valence-electron chi connectivity index (χ1n) is 3.91. The molecule has 0 radical (unpaired) electrons. The van der Waals surface area contributed by atoms with Crippen LogP contribution in [0.5, 0.6) is 0 Å². The topological polar surface area (TPSA) is 69.2 Å². The van der Waals surface area contributed by atoms with Crippen LogP contribution >= 0.6 is 11.6 Å². The second-order valence-electron chi connectivity index (χ2n) is 2.83. The number of nitrogens with zero attached hydrogens (tertiary/aromatic N) is 1. The highest BCUT2D eigenvalue weighted by Crippen LogP contribution is 2.28. The summed E-state index contributed by atoms with van der Waals surface area (Å²) in [5.41, 5.74) is 4.70. The van der Waals surface area contributed by atoms with Crippen molar-refractivity contribution in [2.24, 2.45) is 5.73 Å². The standard InChI is InChI=1S/C8H7ClF2N2O2/c9-5-2-1-4(7(12)8(10)11)3-6(5)13(14)15/h1-3,7-8H,12H2/t7-/m0/s1. The van der Waals surface area contributed by atoms with Gasteiger partial charge < -0.3 is 5.73 Å². The lowest BCUT2D eigenvalue weighted by molar-refractivity contribution is -0.384. The first-order chi connectivity index (χ1) is 6.93. The third-order valence-corrected chi connectivity index (χ3v) is 2.14. The van der Waals surface area contributed by atoms with Gasteiger partial charge in [0, 0.05) is 6.07 Å². The molecule has 4 nitrogen and oxygen atoms in total. The summed E-state index contributed by atoms with van der Waals surface area (Å²) >= 11 is 5.51. The van der Waals surface area contributed by atoms with Gasteiger partial charge in [-0.3, -0.25) is 10.1 Å². The number of hydrogen-bond donors (Lipinski definition) is 1.